The van der Waals surface area contributed by atoms with Gasteiger partial charge in [-0.05, 0) is 55.9 Å². The van der Waals surface area contributed by atoms with Crippen LogP contribution in [0, 0.1) is 0 Å². The van der Waals surface area contributed by atoms with E-state index in [1.54, 1.807) is 7.11 Å². The summed E-state index contributed by atoms with van der Waals surface area (Å²) in [6.45, 7) is 9.09. The fourth-order valence-electron chi connectivity index (χ4n) is 2.80. The molecule has 0 atom stereocenters. The van der Waals surface area contributed by atoms with Crippen molar-refractivity contribution in [2.75, 3.05) is 32.1 Å². The number of methoxy groups -OCH3 is 1. The van der Waals surface area contributed by atoms with E-state index in [2.05, 4.69) is 40.7 Å². The molecule has 28 heavy (non-hydrogen) atoms. The third kappa shape index (κ3) is 6.39. The van der Waals surface area contributed by atoms with Gasteiger partial charge in [0, 0.05) is 17.8 Å². The second kappa shape index (κ2) is 11.1. The van der Waals surface area contributed by atoms with E-state index >= 15 is 0 Å². The molecule has 0 aliphatic rings. The van der Waals surface area contributed by atoms with Gasteiger partial charge in [0.05, 0.1) is 19.4 Å². The minimum absolute atomic E-state index is 0.163. The first kappa shape index (κ1) is 21.4. The number of hydrogen-bond acceptors (Lipinski definition) is 5. The predicted molar refractivity (Wildman–Crippen MR) is 115 cm³/mol. The Morgan fingerprint density at radius 3 is 2.46 bits per heavy atom. The molecule has 0 bridgehead atoms. The Morgan fingerprint density at radius 1 is 1.11 bits per heavy atom. The van der Waals surface area contributed by atoms with Crippen LogP contribution in [0.2, 0.25) is 0 Å². The number of hydrazone groups is 1. The molecule has 0 saturated carbocycles. The first-order valence-electron chi connectivity index (χ1n) is 9.59. The van der Waals surface area contributed by atoms with Crippen molar-refractivity contribution in [3.63, 3.8) is 0 Å². The van der Waals surface area contributed by atoms with Crippen LogP contribution in [0.5, 0.6) is 5.75 Å². The van der Waals surface area contributed by atoms with Crippen molar-refractivity contribution in [2.45, 2.75) is 27.3 Å². The molecule has 2 aromatic rings. The van der Waals surface area contributed by atoms with Crippen LogP contribution in [-0.4, -0.2) is 43.3 Å². The van der Waals surface area contributed by atoms with Crippen LogP contribution in [0.15, 0.2) is 53.6 Å². The molecular weight excluding hydrogens is 352 g/mol. The minimum Gasteiger partial charge on any atom is -0.496 e. The Labute approximate surface area is 167 Å². The molecule has 0 radical (unpaired) electrons. The van der Waals surface area contributed by atoms with Crippen molar-refractivity contribution >= 4 is 17.3 Å². The lowest BCUT2D eigenvalue weighted by Crippen LogP contribution is -2.26. The molecule has 0 aliphatic carbocycles. The monoisotopic (exact) mass is 382 g/mol. The summed E-state index contributed by atoms with van der Waals surface area (Å²) in [6.07, 6.45) is 0. The van der Waals surface area contributed by atoms with E-state index in [0.717, 1.165) is 47.9 Å². The van der Waals surface area contributed by atoms with Gasteiger partial charge in [0.2, 0.25) is 0 Å². The highest BCUT2D eigenvalue weighted by Gasteiger charge is 2.10. The van der Waals surface area contributed by atoms with Gasteiger partial charge in [-0.25, -0.2) is 5.43 Å². The maximum atomic E-state index is 12.0. The first-order valence-corrected chi connectivity index (χ1v) is 9.59. The zero-order valence-corrected chi connectivity index (χ0v) is 17.2. The van der Waals surface area contributed by atoms with E-state index in [4.69, 9.17) is 4.74 Å². The summed E-state index contributed by atoms with van der Waals surface area (Å²) in [5, 5.41) is 7.31. The zero-order chi connectivity index (χ0) is 20.4. The second-order valence-electron chi connectivity index (χ2n) is 6.44. The molecule has 6 heteroatoms. The third-order valence-corrected chi connectivity index (χ3v) is 4.56. The average molecular weight is 383 g/mol. The van der Waals surface area contributed by atoms with Gasteiger partial charge >= 0.3 is 0 Å². The molecule has 1 amide bonds. The summed E-state index contributed by atoms with van der Waals surface area (Å²) in [5.41, 5.74) is 6.32. The lowest BCUT2D eigenvalue weighted by atomic mass is 10.1. The van der Waals surface area contributed by atoms with Gasteiger partial charge in [-0.3, -0.25) is 9.69 Å². The number of amides is 1. The van der Waals surface area contributed by atoms with E-state index in [0.29, 0.717) is 0 Å². The first-order chi connectivity index (χ1) is 13.6. The number of hydrogen-bond donors (Lipinski definition) is 2. The Morgan fingerprint density at radius 2 is 1.82 bits per heavy atom. The smallest absolute Gasteiger partial charge is 0.259 e. The van der Waals surface area contributed by atoms with Crippen LogP contribution in [0.25, 0.3) is 0 Å². The summed E-state index contributed by atoms with van der Waals surface area (Å²) < 4.78 is 5.50. The van der Waals surface area contributed by atoms with E-state index in [1.807, 2.05) is 49.4 Å². The summed E-state index contributed by atoms with van der Waals surface area (Å²) in [7, 11) is 1.68. The molecule has 2 aromatic carbocycles. The van der Waals surface area contributed by atoms with Crippen LogP contribution in [0.4, 0.5) is 5.69 Å². The lowest BCUT2D eigenvalue weighted by molar-refractivity contribution is -0.119. The summed E-state index contributed by atoms with van der Waals surface area (Å²) in [4.78, 5) is 14.4. The van der Waals surface area contributed by atoms with Crippen molar-refractivity contribution in [1.29, 1.82) is 0 Å². The van der Waals surface area contributed by atoms with Crippen LogP contribution >= 0.6 is 0 Å². The maximum absolute atomic E-state index is 12.0. The summed E-state index contributed by atoms with van der Waals surface area (Å²) in [6, 6.07) is 15.6. The number of carbonyl (C=O) groups excluding carboxylic acids is 1. The molecule has 150 valence electrons. The van der Waals surface area contributed by atoms with Crippen LogP contribution < -0.4 is 15.5 Å². The molecule has 0 spiro atoms. The molecule has 6 nitrogen and oxygen atoms in total. The topological polar surface area (TPSA) is 66.0 Å². The Bertz CT molecular complexity index is 786. The zero-order valence-electron chi connectivity index (χ0n) is 17.2. The molecule has 0 saturated heterocycles. The van der Waals surface area contributed by atoms with Gasteiger partial charge in [-0.1, -0.05) is 32.0 Å². The van der Waals surface area contributed by atoms with Crippen molar-refractivity contribution in [2.24, 2.45) is 5.10 Å². The number of benzene rings is 2. The highest BCUT2D eigenvalue weighted by molar-refractivity contribution is 5.99. The van der Waals surface area contributed by atoms with Crippen LogP contribution in [0.3, 0.4) is 0 Å². The quantitative estimate of drug-likeness (QED) is 0.488. The van der Waals surface area contributed by atoms with E-state index < -0.39 is 0 Å². The number of carbonyl (C=O) groups is 1. The Hall–Kier alpha value is -2.86. The fourth-order valence-corrected chi connectivity index (χ4v) is 2.80. The largest absolute Gasteiger partial charge is 0.496 e. The highest BCUT2D eigenvalue weighted by atomic mass is 16.5. The van der Waals surface area contributed by atoms with Gasteiger partial charge in [-0.2, -0.15) is 5.10 Å². The molecule has 0 aliphatic heterocycles. The molecule has 2 rings (SSSR count). The highest BCUT2D eigenvalue weighted by Crippen LogP contribution is 2.22. The molecule has 0 fully saturated rings. The second-order valence-corrected chi connectivity index (χ2v) is 6.44. The number of rotatable bonds is 10. The Balaban J connectivity index is 2.01. The van der Waals surface area contributed by atoms with Crippen molar-refractivity contribution in [3.05, 3.63) is 59.7 Å². The minimum atomic E-state index is -0.194. The normalized spacial score (nSPS) is 11.4. The standard InChI is InChI=1S/C22H30N4O2/c1-5-26(6-2)16-19-14-18(12-13-21(19)28-4)17(3)24-25-22(27)15-23-20-10-8-7-9-11-20/h7-14,23H,5-6,15-16H2,1-4H3,(H,25,27)/b24-17-. The molecule has 0 aromatic heterocycles. The molecule has 0 unspecified atom stereocenters. The third-order valence-electron chi connectivity index (χ3n) is 4.56. The van der Waals surface area contributed by atoms with E-state index in [9.17, 15) is 4.79 Å². The predicted octanol–water partition coefficient (Wildman–Crippen LogP) is 3.49. The SMILES string of the molecule is CCN(CC)Cc1cc(/C(C)=N\NC(=O)CNc2ccccc2)ccc1OC. The number of nitrogens with zero attached hydrogens (tertiary/aromatic N) is 2. The lowest BCUT2D eigenvalue weighted by Gasteiger charge is -2.20. The van der Waals surface area contributed by atoms with Crippen molar-refractivity contribution < 1.29 is 9.53 Å². The molecular formula is C22H30N4O2. The number of nitrogens with one attached hydrogen (secondary N) is 2. The number of anilines is 1. The van der Waals surface area contributed by atoms with Gasteiger partial charge in [0.1, 0.15) is 5.75 Å². The van der Waals surface area contributed by atoms with E-state index in [-0.39, 0.29) is 12.5 Å². The molecule has 0 heterocycles. The van der Waals surface area contributed by atoms with Crippen molar-refractivity contribution in [3.8, 4) is 5.75 Å². The number of para-hydroxylation sites is 1. The van der Waals surface area contributed by atoms with Gasteiger partial charge in [-0.15, -0.1) is 0 Å². The van der Waals surface area contributed by atoms with Crippen LogP contribution in [-0.2, 0) is 11.3 Å². The fraction of sp³-hybridized carbons (Fsp3) is 0.364. The molecule has 2 N–H and O–H groups in total. The van der Waals surface area contributed by atoms with E-state index in [1.165, 1.54) is 0 Å². The summed E-state index contributed by atoms with van der Waals surface area (Å²) in [5.74, 6) is 0.666. The van der Waals surface area contributed by atoms with Gasteiger partial charge < -0.3 is 10.1 Å². The average Bonchev–Trinajstić information content (AvgIpc) is 2.74. The summed E-state index contributed by atoms with van der Waals surface area (Å²) >= 11 is 0. The van der Waals surface area contributed by atoms with Crippen molar-refractivity contribution in [1.82, 2.24) is 10.3 Å². The van der Waals surface area contributed by atoms with Gasteiger partial charge in [0.25, 0.3) is 5.91 Å². The van der Waals surface area contributed by atoms with Crippen LogP contribution in [0.1, 0.15) is 31.9 Å². The van der Waals surface area contributed by atoms with Gasteiger partial charge in [0.15, 0.2) is 0 Å². The Kier molecular flexibility index (Phi) is 8.49. The number of ether oxygens (including phenoxy) is 1. The maximum Gasteiger partial charge on any atom is 0.259 e.